The quantitative estimate of drug-likeness (QED) is 0.0198. The fourth-order valence-corrected chi connectivity index (χ4v) is 25.6. The molecule has 105 heavy (non-hydrogen) atoms. The van der Waals surface area contributed by atoms with E-state index in [2.05, 4.69) is 298 Å². The molecule has 0 aromatic heterocycles. The first-order chi connectivity index (χ1) is 49.2. The highest BCUT2D eigenvalue weighted by Crippen LogP contribution is 2.34. The molecule has 0 fully saturated rings. The van der Waals surface area contributed by atoms with Crippen LogP contribution in [0.3, 0.4) is 0 Å². The minimum atomic E-state index is -1.61. The van der Waals surface area contributed by atoms with E-state index in [-0.39, 0.29) is 32.0 Å². The molecule has 21 heteroatoms. The third-order valence-electron chi connectivity index (χ3n) is 17.3. The summed E-state index contributed by atoms with van der Waals surface area (Å²) in [5.41, 5.74) is 6.16. The smallest absolute Gasteiger partial charge is 0.165 e. The molecular formula is C84H111O7P5S5Si4. The monoisotopic (exact) mass is 1660 g/mol. The van der Waals surface area contributed by atoms with Crippen LogP contribution in [0.5, 0.6) is 40.2 Å². The zero-order valence-corrected chi connectivity index (χ0v) is 77.8. The molecule has 0 aliphatic rings. The number of phenolic OH excluding ortho intramolecular Hbond substituents is 5. The van der Waals surface area contributed by atoms with Crippen molar-refractivity contribution in [2.45, 2.75) is 139 Å². The van der Waals surface area contributed by atoms with E-state index in [0.29, 0.717) is 71.7 Å². The van der Waals surface area contributed by atoms with E-state index < -0.39 is 32.3 Å². The first kappa shape index (κ1) is 89.5. The Morgan fingerprint density at radius 2 is 0.581 bits per heavy atom. The Morgan fingerprint density at radius 3 is 0.933 bits per heavy atom. The standard InChI is InChI=1S/C20H31OPSSi2.2C17H23OPSSi.2C15H17O2PS/c1-14(23)16-10-8-9-11-17(16)22-18-12-15(24(2,3)4)13-19(20(18)21)25(5,6)7;1-12(20)13-8-5-6-9-14(13)19-15-10-7-11-16(17(15)18)21(2,3)4;1-12(20)14-7-5-6-8-16(14)19-17-11-13(21(2,3)4)9-10-15(17)18;1-10(19)11-6-3-4-8-13(11)18-14-9-5-7-12(17-2)15(14)16;1-10(19)12-5-3-4-6-14(12)18-15-9-11(17-2)7-8-13(15)16/h8-14,21-23H,1-7H3;2*5-12,18-20H,1-4H3;2*3-10,16,18-19H,1-2H3. The number of phenols is 5. The van der Waals surface area contributed by atoms with Crippen LogP contribution in [0.4, 0.5) is 0 Å². The number of methoxy groups -OCH3 is 2. The molecule has 7 nitrogen and oxygen atoms in total. The Bertz CT molecular complexity index is 4380. The molecule has 10 unspecified atom stereocenters. The number of aromatic hydroxyl groups is 5. The number of para-hydroxylation sites is 2. The van der Waals surface area contributed by atoms with Gasteiger partial charge >= 0.3 is 0 Å². The van der Waals surface area contributed by atoms with Crippen molar-refractivity contribution in [3.8, 4) is 40.2 Å². The summed E-state index contributed by atoms with van der Waals surface area (Å²) < 4.78 is 10.3. The first-order valence-corrected chi connectivity index (χ1v) is 56.8. The zero-order chi connectivity index (χ0) is 77.9. The van der Waals surface area contributed by atoms with Crippen molar-refractivity contribution >= 4 is 212 Å². The lowest BCUT2D eigenvalue weighted by Crippen LogP contribution is -2.47. The summed E-state index contributed by atoms with van der Waals surface area (Å²) in [6.45, 7) is 38.2. The molecule has 0 amide bonds. The predicted octanol–water partition coefficient (Wildman–Crippen LogP) is 17.3. The number of hydrogen-bond acceptors (Lipinski definition) is 12. The molecule has 0 aliphatic heterocycles. The molecule has 560 valence electrons. The summed E-state index contributed by atoms with van der Waals surface area (Å²) in [4.78, 5) is 0. The lowest BCUT2D eigenvalue weighted by molar-refractivity contribution is 0.375. The van der Waals surface area contributed by atoms with E-state index in [4.69, 9.17) is 9.47 Å². The summed E-state index contributed by atoms with van der Waals surface area (Å²) in [5.74, 6) is 3.23. The molecule has 0 aliphatic carbocycles. The van der Waals surface area contributed by atoms with Gasteiger partial charge in [0.05, 0.1) is 46.5 Å². The molecule has 10 atom stereocenters. The third-order valence-corrected chi connectivity index (χ3v) is 33.7. The maximum Gasteiger partial charge on any atom is 0.165 e. The Morgan fingerprint density at radius 1 is 0.276 bits per heavy atom. The molecule has 0 saturated carbocycles. The van der Waals surface area contributed by atoms with Gasteiger partial charge in [-0.05, 0) is 130 Å². The van der Waals surface area contributed by atoms with E-state index in [0.717, 1.165) is 37.5 Å². The van der Waals surface area contributed by atoms with E-state index in [1.54, 1.807) is 32.4 Å². The Kier molecular flexibility index (Phi) is 34.9. The van der Waals surface area contributed by atoms with Crippen LogP contribution in [-0.4, -0.2) is 72.0 Å². The van der Waals surface area contributed by atoms with Gasteiger partial charge < -0.3 is 35.0 Å². The molecule has 0 saturated heterocycles. The van der Waals surface area contributed by atoms with Crippen molar-refractivity contribution in [1.82, 2.24) is 0 Å². The van der Waals surface area contributed by atoms with Crippen LogP contribution in [0.1, 0.15) is 88.7 Å². The molecule has 10 aromatic carbocycles. The van der Waals surface area contributed by atoms with Crippen molar-refractivity contribution in [3.05, 3.63) is 234 Å². The Hall–Kier alpha value is -4.43. The van der Waals surface area contributed by atoms with Gasteiger partial charge in [-0.1, -0.05) is 308 Å². The minimum absolute atomic E-state index is 0.177. The van der Waals surface area contributed by atoms with Crippen LogP contribution in [0.25, 0.3) is 0 Å². The van der Waals surface area contributed by atoms with Gasteiger partial charge in [-0.2, -0.15) is 63.1 Å². The van der Waals surface area contributed by atoms with Gasteiger partial charge in [0.1, 0.15) is 28.7 Å². The van der Waals surface area contributed by atoms with Crippen LogP contribution < -0.4 is 83.3 Å². The number of rotatable bonds is 21. The third kappa shape index (κ3) is 26.7. The molecule has 0 radical (unpaired) electrons. The summed E-state index contributed by atoms with van der Waals surface area (Å²) in [6, 6.07) is 69.4. The van der Waals surface area contributed by atoms with Crippen molar-refractivity contribution in [1.29, 1.82) is 0 Å². The van der Waals surface area contributed by atoms with Crippen LogP contribution in [0, 0.1) is 0 Å². The van der Waals surface area contributed by atoms with Gasteiger partial charge in [-0.15, -0.1) is 0 Å². The van der Waals surface area contributed by atoms with Crippen molar-refractivity contribution in [2.75, 3.05) is 14.2 Å². The average molecular weight is 1660 g/mol. The number of thiol groups is 5. The van der Waals surface area contributed by atoms with Crippen molar-refractivity contribution in [3.63, 3.8) is 0 Å². The summed E-state index contributed by atoms with van der Waals surface area (Å²) in [6.07, 6.45) is 0. The normalized spacial score (nSPS) is 13.5. The molecule has 5 N–H and O–H groups in total. The van der Waals surface area contributed by atoms with Crippen LogP contribution >= 0.6 is 106 Å². The summed E-state index contributed by atoms with van der Waals surface area (Å²) >= 11 is 22.8. The number of benzene rings is 10. The van der Waals surface area contributed by atoms with Crippen molar-refractivity contribution in [2.24, 2.45) is 0 Å². The molecule has 10 aromatic rings. The first-order valence-electron chi connectivity index (χ1n) is 35.2. The molecule has 0 bridgehead atoms. The lowest BCUT2D eigenvalue weighted by atomic mass is 10.2. The van der Waals surface area contributed by atoms with Crippen LogP contribution in [-0.2, 0) is 0 Å². The topological polar surface area (TPSA) is 120 Å². The lowest BCUT2D eigenvalue weighted by Gasteiger charge is -2.26. The maximum atomic E-state index is 11.0. The largest absolute Gasteiger partial charge is 0.507 e. The molecule has 0 spiro atoms. The highest BCUT2D eigenvalue weighted by molar-refractivity contribution is 7.81. The van der Waals surface area contributed by atoms with Crippen LogP contribution in [0.2, 0.25) is 78.6 Å². The number of hydrogen-bond donors (Lipinski definition) is 10. The maximum absolute atomic E-state index is 11.0. The Balaban J connectivity index is 0.000000206. The minimum Gasteiger partial charge on any atom is -0.507 e. The van der Waals surface area contributed by atoms with E-state index in [1.165, 1.54) is 69.9 Å². The van der Waals surface area contributed by atoms with Gasteiger partial charge in [0.15, 0.2) is 11.5 Å². The summed E-state index contributed by atoms with van der Waals surface area (Å²) in [5, 5.41) is 69.3. The fourth-order valence-electron chi connectivity index (χ4n) is 11.2. The second kappa shape index (κ2) is 41.0. The zero-order valence-electron chi connectivity index (χ0n) is 64.3. The SMILES string of the molecule is CC(S)c1ccccc1Pc1cc([Si](C)(C)C)cc([Si](C)(C)C)c1O.CC(S)c1ccccc1Pc1cc([Si](C)(C)C)ccc1O.CC(S)c1ccccc1Pc1cccc([Si](C)(C)C)c1O.COc1ccc(O)c(Pc2ccccc2C(C)S)c1.COc1cccc(Pc2ccccc2C(C)S)c1O. The van der Waals surface area contributed by atoms with Gasteiger partial charge in [0.25, 0.3) is 0 Å². The summed E-state index contributed by atoms with van der Waals surface area (Å²) in [7, 11) is -0.585. The highest BCUT2D eigenvalue weighted by atomic mass is 32.1. The molecule has 10 rings (SSSR count). The van der Waals surface area contributed by atoms with Crippen molar-refractivity contribution < 1.29 is 35.0 Å². The highest BCUT2D eigenvalue weighted by Gasteiger charge is 2.28. The second-order valence-corrected chi connectivity index (χ2v) is 60.8. The van der Waals surface area contributed by atoms with Gasteiger partial charge in [0, 0.05) is 52.8 Å². The van der Waals surface area contributed by atoms with Gasteiger partial charge in [-0.3, -0.25) is 0 Å². The van der Waals surface area contributed by atoms with E-state index in [9.17, 15) is 25.5 Å². The second-order valence-electron chi connectivity index (χ2n) is 30.0. The fraction of sp³-hybridized carbons (Fsp3) is 0.286. The van der Waals surface area contributed by atoms with Gasteiger partial charge in [-0.25, -0.2) is 0 Å². The average Bonchev–Trinajstić information content (AvgIpc) is 0.796. The Labute approximate surface area is 669 Å². The predicted molar refractivity (Wildman–Crippen MR) is 503 cm³/mol. The van der Waals surface area contributed by atoms with Crippen LogP contribution in [0.15, 0.2) is 206 Å². The van der Waals surface area contributed by atoms with E-state index >= 15 is 0 Å². The van der Waals surface area contributed by atoms with Gasteiger partial charge in [0.2, 0.25) is 0 Å². The molecule has 0 heterocycles. The molecular weight excluding hydrogens is 1550 g/mol. The van der Waals surface area contributed by atoms with E-state index in [1.807, 2.05) is 66.7 Å². The number of ether oxygens (including phenoxy) is 2.